The minimum Gasteiger partial charge on any atom is -0.399 e. The number of carbonyl (C=O) groups excluding carboxylic acids is 2. The van der Waals surface area contributed by atoms with Gasteiger partial charge in [0.25, 0.3) is 5.91 Å². The molecule has 8 nitrogen and oxygen atoms in total. The number of aliphatic hydroxyl groups excluding tert-OH is 2. The molecule has 0 radical (unpaired) electrons. The fourth-order valence-corrected chi connectivity index (χ4v) is 3.64. The van der Waals surface area contributed by atoms with Crippen LogP contribution in [0.15, 0.2) is 59.8 Å². The highest BCUT2D eigenvalue weighted by Crippen LogP contribution is 2.24. The maximum absolute atomic E-state index is 13.2. The van der Waals surface area contributed by atoms with E-state index in [1.54, 1.807) is 17.0 Å². The Balaban J connectivity index is 1.74. The van der Waals surface area contributed by atoms with Crippen LogP contribution in [0.1, 0.15) is 23.2 Å². The summed E-state index contributed by atoms with van der Waals surface area (Å²) in [5.74, 6) is -0.548. The highest BCUT2D eigenvalue weighted by molar-refractivity contribution is 6.01. The van der Waals surface area contributed by atoms with Crippen molar-refractivity contribution < 1.29 is 24.6 Å². The monoisotopic (exact) mass is 425 g/mol. The molecule has 1 atom stereocenters. The van der Waals surface area contributed by atoms with Crippen molar-refractivity contribution >= 4 is 17.5 Å². The lowest BCUT2D eigenvalue weighted by Crippen LogP contribution is -2.44. The second-order valence-electron chi connectivity index (χ2n) is 7.41. The summed E-state index contributed by atoms with van der Waals surface area (Å²) in [7, 11) is 1.44. The fraction of sp³-hybridized carbons (Fsp3) is 0.348. The summed E-state index contributed by atoms with van der Waals surface area (Å²) in [4.78, 5) is 32.0. The number of carbonyl (C=O) groups is 2. The van der Waals surface area contributed by atoms with Gasteiger partial charge in [-0.25, -0.2) is 0 Å². The molecule has 31 heavy (non-hydrogen) atoms. The first-order chi connectivity index (χ1) is 15.0. The number of oxime groups is 1. The molecule has 0 spiro atoms. The first kappa shape index (κ1) is 22.5. The van der Waals surface area contributed by atoms with Crippen molar-refractivity contribution in [3.63, 3.8) is 0 Å². The Kier molecular flexibility index (Phi) is 7.75. The lowest BCUT2D eigenvalue weighted by Gasteiger charge is -2.24. The molecule has 8 heteroatoms. The zero-order valence-electron chi connectivity index (χ0n) is 17.4. The first-order valence-electron chi connectivity index (χ1n) is 10.1. The summed E-state index contributed by atoms with van der Waals surface area (Å²) < 4.78 is 0. The van der Waals surface area contributed by atoms with Crippen LogP contribution in [0.4, 0.5) is 0 Å². The Bertz CT molecular complexity index is 911. The first-order valence-corrected chi connectivity index (χ1v) is 10.1. The van der Waals surface area contributed by atoms with Crippen LogP contribution in [0.2, 0.25) is 0 Å². The zero-order valence-corrected chi connectivity index (χ0v) is 17.4. The van der Waals surface area contributed by atoms with E-state index in [4.69, 9.17) is 15.1 Å². The van der Waals surface area contributed by atoms with Crippen LogP contribution in [0.25, 0.3) is 11.1 Å². The average Bonchev–Trinajstić information content (AvgIpc) is 3.19. The number of hydrogen-bond acceptors (Lipinski definition) is 6. The SMILES string of the molecule is CON=C1C[C@@H](CC(=O)NC(CO)CO)N(C(=O)c2ccc(-c3ccccc3)cc2)C1. The van der Waals surface area contributed by atoms with Gasteiger partial charge in [0, 0.05) is 24.4 Å². The third-order valence-corrected chi connectivity index (χ3v) is 5.21. The summed E-state index contributed by atoms with van der Waals surface area (Å²) in [6.07, 6.45) is 0.449. The summed E-state index contributed by atoms with van der Waals surface area (Å²) in [6.45, 7) is -0.451. The van der Waals surface area contributed by atoms with Gasteiger partial charge in [0.2, 0.25) is 5.91 Å². The second kappa shape index (κ2) is 10.7. The van der Waals surface area contributed by atoms with Crippen LogP contribution in [-0.2, 0) is 9.63 Å². The number of nitrogens with zero attached hydrogens (tertiary/aromatic N) is 2. The molecule has 2 amide bonds. The minimum absolute atomic E-state index is 0.0348. The molecule has 1 saturated heterocycles. The van der Waals surface area contributed by atoms with Gasteiger partial charge in [0.05, 0.1) is 31.5 Å². The van der Waals surface area contributed by atoms with E-state index in [0.717, 1.165) is 11.1 Å². The van der Waals surface area contributed by atoms with Crippen molar-refractivity contribution in [2.24, 2.45) is 5.16 Å². The van der Waals surface area contributed by atoms with Crippen LogP contribution < -0.4 is 5.32 Å². The van der Waals surface area contributed by atoms with Crippen molar-refractivity contribution in [1.29, 1.82) is 0 Å². The van der Waals surface area contributed by atoms with Crippen molar-refractivity contribution in [2.75, 3.05) is 26.9 Å². The van der Waals surface area contributed by atoms with Crippen LogP contribution in [0, 0.1) is 0 Å². The number of rotatable bonds is 8. The highest BCUT2D eigenvalue weighted by atomic mass is 16.6. The summed E-state index contributed by atoms with van der Waals surface area (Å²) in [6, 6.07) is 16.1. The van der Waals surface area contributed by atoms with Gasteiger partial charge < -0.3 is 25.3 Å². The van der Waals surface area contributed by atoms with Gasteiger partial charge in [-0.3, -0.25) is 9.59 Å². The normalized spacial score (nSPS) is 17.2. The molecule has 2 aromatic rings. The summed E-state index contributed by atoms with van der Waals surface area (Å²) >= 11 is 0. The lowest BCUT2D eigenvalue weighted by molar-refractivity contribution is -0.123. The van der Waals surface area contributed by atoms with Crippen molar-refractivity contribution in [1.82, 2.24) is 10.2 Å². The number of aliphatic hydroxyl groups is 2. The minimum atomic E-state index is -0.726. The molecule has 164 valence electrons. The van der Waals surface area contributed by atoms with Crippen molar-refractivity contribution in [3.8, 4) is 11.1 Å². The van der Waals surface area contributed by atoms with Crippen molar-refractivity contribution in [2.45, 2.75) is 24.9 Å². The topological polar surface area (TPSA) is 111 Å². The Morgan fingerprint density at radius 1 is 1.10 bits per heavy atom. The van der Waals surface area contributed by atoms with Crippen LogP contribution in [0.5, 0.6) is 0 Å². The average molecular weight is 425 g/mol. The van der Waals surface area contributed by atoms with Gasteiger partial charge in [-0.15, -0.1) is 0 Å². The van der Waals surface area contributed by atoms with Crippen LogP contribution >= 0.6 is 0 Å². The number of likely N-dealkylation sites (tertiary alicyclic amines) is 1. The van der Waals surface area contributed by atoms with Crippen LogP contribution in [-0.4, -0.2) is 71.6 Å². The smallest absolute Gasteiger partial charge is 0.254 e. The lowest BCUT2D eigenvalue weighted by atomic mass is 10.0. The van der Waals surface area contributed by atoms with E-state index in [1.165, 1.54) is 7.11 Å². The molecule has 0 unspecified atom stereocenters. The molecule has 0 aliphatic carbocycles. The third-order valence-electron chi connectivity index (χ3n) is 5.21. The molecule has 1 fully saturated rings. The van der Waals surface area contributed by atoms with E-state index in [1.807, 2.05) is 42.5 Å². The molecule has 2 aromatic carbocycles. The Morgan fingerprint density at radius 3 is 2.35 bits per heavy atom. The number of hydrogen-bond donors (Lipinski definition) is 3. The number of benzene rings is 2. The maximum Gasteiger partial charge on any atom is 0.254 e. The van der Waals surface area contributed by atoms with E-state index in [2.05, 4.69) is 10.5 Å². The van der Waals surface area contributed by atoms with E-state index < -0.39 is 12.1 Å². The third kappa shape index (κ3) is 5.68. The Morgan fingerprint density at radius 2 is 1.74 bits per heavy atom. The largest absolute Gasteiger partial charge is 0.399 e. The predicted octanol–water partition coefficient (Wildman–Crippen LogP) is 1.43. The molecule has 0 bridgehead atoms. The van der Waals surface area contributed by atoms with Gasteiger partial charge >= 0.3 is 0 Å². The van der Waals surface area contributed by atoms with Gasteiger partial charge in [-0.1, -0.05) is 47.6 Å². The van der Waals surface area contributed by atoms with Gasteiger partial charge in [-0.05, 0) is 23.3 Å². The molecule has 3 N–H and O–H groups in total. The summed E-state index contributed by atoms with van der Waals surface area (Å²) in [5, 5.41) is 24.9. The van der Waals surface area contributed by atoms with E-state index in [9.17, 15) is 9.59 Å². The number of nitrogens with one attached hydrogen (secondary N) is 1. The van der Waals surface area contributed by atoms with E-state index >= 15 is 0 Å². The molecular formula is C23H27N3O5. The van der Waals surface area contributed by atoms with Gasteiger partial charge in [0.1, 0.15) is 7.11 Å². The molecular weight excluding hydrogens is 398 g/mol. The molecule has 1 aliphatic rings. The van der Waals surface area contributed by atoms with Gasteiger partial charge in [0.15, 0.2) is 0 Å². The molecule has 0 aromatic heterocycles. The van der Waals surface area contributed by atoms with Crippen molar-refractivity contribution in [3.05, 3.63) is 60.2 Å². The standard InChI is InChI=1S/C23H27N3O5/c1-31-25-19-11-21(12-22(29)24-20(14-27)15-28)26(13-19)23(30)18-9-7-17(8-10-18)16-5-3-2-4-6-16/h2-10,20-21,27-28H,11-15H2,1H3,(H,24,29)/t21-/m0/s1. The van der Waals surface area contributed by atoms with Gasteiger partial charge in [-0.2, -0.15) is 0 Å². The molecule has 1 heterocycles. The van der Waals surface area contributed by atoms with E-state index in [0.29, 0.717) is 17.7 Å². The molecule has 3 rings (SSSR count). The molecule has 0 saturated carbocycles. The maximum atomic E-state index is 13.2. The summed E-state index contributed by atoms with van der Waals surface area (Å²) in [5.41, 5.74) is 3.27. The highest BCUT2D eigenvalue weighted by Gasteiger charge is 2.35. The second-order valence-corrected chi connectivity index (χ2v) is 7.41. The molecule has 1 aliphatic heterocycles. The Hall–Kier alpha value is -3.23. The quantitative estimate of drug-likeness (QED) is 0.554. The zero-order chi connectivity index (χ0) is 22.2. The van der Waals surface area contributed by atoms with Crippen LogP contribution in [0.3, 0.4) is 0 Å². The predicted molar refractivity (Wildman–Crippen MR) is 116 cm³/mol. The fourth-order valence-electron chi connectivity index (χ4n) is 3.64. The Labute approximate surface area is 181 Å². The van der Waals surface area contributed by atoms with E-state index in [-0.39, 0.29) is 38.0 Å². The number of amides is 2.